The Balaban J connectivity index is 1.59. The summed E-state index contributed by atoms with van der Waals surface area (Å²) in [4.78, 5) is 31.4. The second-order valence-corrected chi connectivity index (χ2v) is 6.53. The van der Waals surface area contributed by atoms with Crippen molar-refractivity contribution in [1.29, 1.82) is 0 Å². The molecule has 1 amide bonds. The van der Waals surface area contributed by atoms with Crippen molar-refractivity contribution < 1.29 is 14.5 Å². The Kier molecular flexibility index (Phi) is 5.54. The van der Waals surface area contributed by atoms with Gasteiger partial charge in [-0.3, -0.25) is 14.9 Å². The second-order valence-electron chi connectivity index (χ2n) is 6.53. The maximum Gasteiger partial charge on any atom is 0.311 e. The van der Waals surface area contributed by atoms with E-state index in [0.717, 1.165) is 11.4 Å². The Bertz CT molecular complexity index is 833. The molecule has 0 bridgehead atoms. The minimum Gasteiger partial charge on any atom is -0.477 e. The molecule has 3 rings (SSSR count). The summed E-state index contributed by atoms with van der Waals surface area (Å²) in [7, 11) is 0. The highest BCUT2D eigenvalue weighted by molar-refractivity contribution is 5.78. The fourth-order valence-electron chi connectivity index (χ4n) is 3.21. The van der Waals surface area contributed by atoms with Gasteiger partial charge in [-0.2, -0.15) is 0 Å². The van der Waals surface area contributed by atoms with Gasteiger partial charge < -0.3 is 14.5 Å². The fourth-order valence-corrected chi connectivity index (χ4v) is 3.21. The van der Waals surface area contributed by atoms with Crippen LogP contribution in [0.2, 0.25) is 0 Å². The number of pyridine rings is 1. The molecule has 1 aliphatic rings. The van der Waals surface area contributed by atoms with Gasteiger partial charge >= 0.3 is 5.69 Å². The van der Waals surface area contributed by atoms with Crippen LogP contribution in [0.5, 0.6) is 5.75 Å². The number of anilines is 1. The Morgan fingerprint density at radius 2 is 1.96 bits per heavy atom. The summed E-state index contributed by atoms with van der Waals surface area (Å²) in [5.41, 5.74) is 1.32. The first-order chi connectivity index (χ1) is 13.0. The predicted molar refractivity (Wildman–Crippen MR) is 101 cm³/mol. The summed E-state index contributed by atoms with van der Waals surface area (Å²) in [6, 6.07) is 9.01. The summed E-state index contributed by atoms with van der Waals surface area (Å²) in [6.07, 6.45) is 1.75. The Morgan fingerprint density at radius 3 is 2.59 bits per heavy atom. The molecule has 0 saturated carbocycles. The fraction of sp³-hybridized carbons (Fsp3) is 0.368. The summed E-state index contributed by atoms with van der Waals surface area (Å²) in [6.45, 7) is 5.82. The first-order valence-corrected chi connectivity index (χ1v) is 8.78. The highest BCUT2D eigenvalue weighted by atomic mass is 16.6. The summed E-state index contributed by atoms with van der Waals surface area (Å²) in [5.74, 6) is 0.878. The number of rotatable bonds is 5. The summed E-state index contributed by atoms with van der Waals surface area (Å²) < 4.78 is 5.55. The maximum atomic E-state index is 12.5. The van der Waals surface area contributed by atoms with Crippen molar-refractivity contribution in [3.63, 3.8) is 0 Å². The number of benzene rings is 1. The van der Waals surface area contributed by atoms with Crippen molar-refractivity contribution in [2.24, 2.45) is 0 Å². The van der Waals surface area contributed by atoms with E-state index in [1.165, 1.54) is 6.07 Å². The molecule has 1 aromatic carbocycles. The lowest BCUT2D eigenvalue weighted by atomic mass is 10.1. The van der Waals surface area contributed by atoms with Crippen molar-refractivity contribution in [2.75, 3.05) is 37.7 Å². The number of carbonyl (C=O) groups excluding carboxylic acids is 1. The molecule has 1 fully saturated rings. The van der Waals surface area contributed by atoms with E-state index < -0.39 is 4.92 Å². The molecule has 8 heteroatoms. The molecule has 142 valence electrons. The minimum atomic E-state index is -0.481. The molecule has 0 spiro atoms. The number of ether oxygens (including phenoxy) is 1. The normalized spacial score (nSPS) is 14.1. The number of nitrogens with zero attached hydrogens (tertiary/aromatic N) is 4. The number of hydrogen-bond acceptors (Lipinski definition) is 6. The molecule has 2 heterocycles. The van der Waals surface area contributed by atoms with Gasteiger partial charge in [-0.25, -0.2) is 4.98 Å². The number of hydrogen-bond donors (Lipinski definition) is 0. The van der Waals surface area contributed by atoms with Gasteiger partial charge in [-0.05, 0) is 37.1 Å². The number of amides is 1. The summed E-state index contributed by atoms with van der Waals surface area (Å²) >= 11 is 0. The van der Waals surface area contributed by atoms with Crippen LogP contribution in [-0.2, 0) is 4.79 Å². The van der Waals surface area contributed by atoms with Gasteiger partial charge in [0.05, 0.1) is 4.92 Å². The minimum absolute atomic E-state index is 0.111. The van der Waals surface area contributed by atoms with E-state index in [-0.39, 0.29) is 24.0 Å². The lowest BCUT2D eigenvalue weighted by molar-refractivity contribution is -0.385. The van der Waals surface area contributed by atoms with E-state index in [9.17, 15) is 14.9 Å². The van der Waals surface area contributed by atoms with Gasteiger partial charge in [0.2, 0.25) is 5.75 Å². The highest BCUT2D eigenvalue weighted by Crippen LogP contribution is 2.32. The van der Waals surface area contributed by atoms with E-state index in [1.807, 2.05) is 18.2 Å². The second kappa shape index (κ2) is 8.03. The molecule has 2 aromatic rings. The Labute approximate surface area is 157 Å². The molecule has 8 nitrogen and oxygen atoms in total. The van der Waals surface area contributed by atoms with E-state index in [0.29, 0.717) is 31.7 Å². The quantitative estimate of drug-likeness (QED) is 0.593. The molecule has 0 N–H and O–H groups in total. The smallest absolute Gasteiger partial charge is 0.311 e. The molecule has 0 aliphatic carbocycles. The van der Waals surface area contributed by atoms with Crippen LogP contribution in [0.1, 0.15) is 11.1 Å². The van der Waals surface area contributed by atoms with Crippen LogP contribution in [0, 0.1) is 24.0 Å². The van der Waals surface area contributed by atoms with Crippen LogP contribution in [0.4, 0.5) is 11.5 Å². The predicted octanol–water partition coefficient (Wildman–Crippen LogP) is 2.33. The lowest BCUT2D eigenvalue weighted by Gasteiger charge is -2.35. The van der Waals surface area contributed by atoms with Gasteiger partial charge in [0.15, 0.2) is 6.61 Å². The first kappa shape index (κ1) is 18.6. The molecule has 0 radical (unpaired) electrons. The van der Waals surface area contributed by atoms with Crippen LogP contribution in [0.15, 0.2) is 36.5 Å². The van der Waals surface area contributed by atoms with Gasteiger partial charge in [-0.15, -0.1) is 0 Å². The molecule has 1 aromatic heterocycles. The third kappa shape index (κ3) is 4.33. The average molecular weight is 370 g/mol. The van der Waals surface area contributed by atoms with E-state index >= 15 is 0 Å². The number of aryl methyl sites for hydroxylation is 2. The van der Waals surface area contributed by atoms with Crippen LogP contribution in [0.25, 0.3) is 0 Å². The van der Waals surface area contributed by atoms with E-state index in [4.69, 9.17) is 4.74 Å². The van der Waals surface area contributed by atoms with Crippen molar-refractivity contribution >= 4 is 17.4 Å². The first-order valence-electron chi connectivity index (χ1n) is 8.78. The molecule has 1 saturated heterocycles. The number of nitro benzene ring substituents is 1. The van der Waals surface area contributed by atoms with Crippen LogP contribution in [-0.4, -0.2) is 53.5 Å². The molecule has 1 aliphatic heterocycles. The third-order valence-corrected chi connectivity index (χ3v) is 4.54. The van der Waals surface area contributed by atoms with Crippen molar-refractivity contribution in [1.82, 2.24) is 9.88 Å². The zero-order valence-corrected chi connectivity index (χ0v) is 15.4. The third-order valence-electron chi connectivity index (χ3n) is 4.54. The van der Waals surface area contributed by atoms with Crippen LogP contribution < -0.4 is 9.64 Å². The number of carbonyl (C=O) groups is 1. The number of nitro groups is 1. The molecule has 0 atom stereocenters. The Hall–Kier alpha value is -3.16. The van der Waals surface area contributed by atoms with Gasteiger partial charge in [0.1, 0.15) is 5.82 Å². The SMILES string of the molecule is Cc1cc(C)c(OCC(=O)N2CCN(c3ccccn3)CC2)c([N+](=O)[O-])c1. The number of aromatic nitrogens is 1. The van der Waals surface area contributed by atoms with Gasteiger partial charge in [-0.1, -0.05) is 12.1 Å². The van der Waals surface area contributed by atoms with Crippen LogP contribution in [0.3, 0.4) is 0 Å². The molecular formula is C19H22N4O4. The topological polar surface area (TPSA) is 88.8 Å². The maximum absolute atomic E-state index is 12.5. The van der Waals surface area contributed by atoms with Crippen molar-refractivity contribution in [3.8, 4) is 5.75 Å². The molecule has 27 heavy (non-hydrogen) atoms. The standard InChI is InChI=1S/C19H22N4O4/c1-14-11-15(2)19(16(12-14)23(25)26)27-13-18(24)22-9-7-21(8-10-22)17-5-3-4-6-20-17/h3-6,11-12H,7-10,13H2,1-2H3. The van der Waals surface area contributed by atoms with E-state index in [2.05, 4.69) is 9.88 Å². The Morgan fingerprint density at radius 1 is 1.22 bits per heavy atom. The monoisotopic (exact) mass is 370 g/mol. The number of piperazine rings is 1. The average Bonchev–Trinajstić information content (AvgIpc) is 2.67. The van der Waals surface area contributed by atoms with E-state index in [1.54, 1.807) is 31.0 Å². The van der Waals surface area contributed by atoms with Gasteiger partial charge in [0.25, 0.3) is 5.91 Å². The molecule has 0 unspecified atom stereocenters. The summed E-state index contributed by atoms with van der Waals surface area (Å²) in [5, 5.41) is 11.3. The van der Waals surface area contributed by atoms with Gasteiger partial charge in [0, 0.05) is 38.4 Å². The highest BCUT2D eigenvalue weighted by Gasteiger charge is 2.24. The largest absolute Gasteiger partial charge is 0.477 e. The van der Waals surface area contributed by atoms with Crippen molar-refractivity contribution in [2.45, 2.75) is 13.8 Å². The zero-order valence-electron chi connectivity index (χ0n) is 15.4. The lowest BCUT2D eigenvalue weighted by Crippen LogP contribution is -2.50. The molecular weight excluding hydrogens is 348 g/mol. The van der Waals surface area contributed by atoms with Crippen LogP contribution >= 0.6 is 0 Å². The van der Waals surface area contributed by atoms with Crippen molar-refractivity contribution in [3.05, 3.63) is 57.8 Å². The zero-order chi connectivity index (χ0) is 19.4.